The number of hydrogen-bond acceptors (Lipinski definition) is 3. The van der Waals surface area contributed by atoms with Gasteiger partial charge in [0.05, 0.1) is 12.8 Å². The third-order valence-corrected chi connectivity index (χ3v) is 4.58. The Kier molecular flexibility index (Phi) is 4.72. The molecule has 0 radical (unpaired) electrons. The average molecular weight is 352 g/mol. The molecule has 0 saturated heterocycles. The summed E-state index contributed by atoms with van der Waals surface area (Å²) in [7, 11) is 1.59. The SMILES string of the molecule is COc1ccc(C(C)(C)C)cc1NC(=O)c1ccc2c(c1)CCC(=O)N2. The van der Waals surface area contributed by atoms with E-state index >= 15 is 0 Å². The van der Waals surface area contributed by atoms with Crippen molar-refractivity contribution in [1.29, 1.82) is 0 Å². The van der Waals surface area contributed by atoms with Gasteiger partial charge in [0, 0.05) is 17.7 Å². The van der Waals surface area contributed by atoms with Crippen molar-refractivity contribution in [1.82, 2.24) is 0 Å². The third kappa shape index (κ3) is 3.72. The largest absolute Gasteiger partial charge is 0.495 e. The molecule has 1 heterocycles. The topological polar surface area (TPSA) is 67.4 Å². The van der Waals surface area contributed by atoms with Gasteiger partial charge in [0.2, 0.25) is 5.91 Å². The first kappa shape index (κ1) is 18.0. The molecule has 1 aliphatic heterocycles. The Labute approximate surface area is 153 Å². The fraction of sp³-hybridized carbons (Fsp3) is 0.333. The molecule has 0 aliphatic carbocycles. The summed E-state index contributed by atoms with van der Waals surface area (Å²) < 4.78 is 5.39. The first-order chi connectivity index (χ1) is 12.3. The normalized spacial score (nSPS) is 13.6. The molecule has 3 rings (SSSR count). The van der Waals surface area contributed by atoms with Crippen molar-refractivity contribution in [2.24, 2.45) is 0 Å². The van der Waals surface area contributed by atoms with Crippen molar-refractivity contribution in [2.75, 3.05) is 17.7 Å². The van der Waals surface area contributed by atoms with Gasteiger partial charge in [-0.3, -0.25) is 9.59 Å². The number of methoxy groups -OCH3 is 1. The van der Waals surface area contributed by atoms with E-state index in [4.69, 9.17) is 4.74 Å². The fourth-order valence-corrected chi connectivity index (χ4v) is 2.99. The van der Waals surface area contributed by atoms with Crippen molar-refractivity contribution in [3.05, 3.63) is 53.1 Å². The average Bonchev–Trinajstić information content (AvgIpc) is 2.60. The Morgan fingerprint density at radius 2 is 1.88 bits per heavy atom. The number of ether oxygens (including phenoxy) is 1. The molecule has 0 bridgehead atoms. The van der Waals surface area contributed by atoms with Gasteiger partial charge in [-0.05, 0) is 53.3 Å². The molecule has 2 N–H and O–H groups in total. The van der Waals surface area contributed by atoms with Gasteiger partial charge in [-0.25, -0.2) is 0 Å². The lowest BCUT2D eigenvalue weighted by Crippen LogP contribution is -2.20. The summed E-state index contributed by atoms with van der Waals surface area (Å²) in [6.07, 6.45) is 1.09. The highest BCUT2D eigenvalue weighted by Crippen LogP contribution is 2.32. The second-order valence-electron chi connectivity index (χ2n) is 7.54. The molecule has 0 fully saturated rings. The van der Waals surface area contributed by atoms with Gasteiger partial charge in [0.25, 0.3) is 5.91 Å². The van der Waals surface area contributed by atoms with E-state index in [0.717, 1.165) is 16.8 Å². The van der Waals surface area contributed by atoms with Crippen LogP contribution in [0.3, 0.4) is 0 Å². The molecular weight excluding hydrogens is 328 g/mol. The lowest BCUT2D eigenvalue weighted by molar-refractivity contribution is -0.116. The van der Waals surface area contributed by atoms with E-state index in [0.29, 0.717) is 29.8 Å². The van der Waals surface area contributed by atoms with Crippen molar-refractivity contribution in [2.45, 2.75) is 39.0 Å². The highest BCUT2D eigenvalue weighted by atomic mass is 16.5. The van der Waals surface area contributed by atoms with E-state index < -0.39 is 0 Å². The number of anilines is 2. The lowest BCUT2D eigenvalue weighted by atomic mass is 9.87. The highest BCUT2D eigenvalue weighted by molar-refractivity contribution is 6.06. The minimum Gasteiger partial charge on any atom is -0.495 e. The van der Waals surface area contributed by atoms with Crippen LogP contribution < -0.4 is 15.4 Å². The zero-order chi connectivity index (χ0) is 18.9. The van der Waals surface area contributed by atoms with Crippen LogP contribution in [0.15, 0.2) is 36.4 Å². The number of nitrogens with one attached hydrogen (secondary N) is 2. The Balaban J connectivity index is 1.87. The lowest BCUT2D eigenvalue weighted by Gasteiger charge is -2.21. The van der Waals surface area contributed by atoms with Crippen LogP contribution in [0.5, 0.6) is 5.75 Å². The summed E-state index contributed by atoms with van der Waals surface area (Å²) in [5, 5.41) is 5.78. The molecule has 1 aliphatic rings. The van der Waals surface area contributed by atoms with Crippen LogP contribution in [0.2, 0.25) is 0 Å². The first-order valence-corrected chi connectivity index (χ1v) is 8.70. The van der Waals surface area contributed by atoms with Crippen LogP contribution in [0.1, 0.15) is 48.7 Å². The maximum Gasteiger partial charge on any atom is 0.255 e. The summed E-state index contributed by atoms with van der Waals surface area (Å²) >= 11 is 0. The molecule has 2 aromatic carbocycles. The van der Waals surface area contributed by atoms with E-state index in [2.05, 4.69) is 31.4 Å². The molecule has 26 heavy (non-hydrogen) atoms. The van der Waals surface area contributed by atoms with Crippen LogP contribution in [-0.2, 0) is 16.6 Å². The molecule has 2 aromatic rings. The molecule has 0 aromatic heterocycles. The standard InChI is InChI=1S/C21H24N2O3/c1-21(2,3)15-7-9-18(26-4)17(12-15)23-20(25)14-5-8-16-13(11-14)6-10-19(24)22-16/h5,7-9,11-12H,6,10H2,1-4H3,(H,22,24)(H,23,25). The van der Waals surface area contributed by atoms with Crippen LogP contribution >= 0.6 is 0 Å². The monoisotopic (exact) mass is 352 g/mol. The summed E-state index contributed by atoms with van der Waals surface area (Å²) in [4.78, 5) is 24.2. The quantitative estimate of drug-likeness (QED) is 0.873. The number of amides is 2. The summed E-state index contributed by atoms with van der Waals surface area (Å²) in [6.45, 7) is 6.37. The van der Waals surface area contributed by atoms with Crippen LogP contribution in [-0.4, -0.2) is 18.9 Å². The number of carbonyl (C=O) groups is 2. The van der Waals surface area contributed by atoms with Crippen LogP contribution in [0, 0.1) is 0 Å². The predicted molar refractivity (Wildman–Crippen MR) is 103 cm³/mol. The van der Waals surface area contributed by atoms with Crippen molar-refractivity contribution >= 4 is 23.2 Å². The molecule has 0 unspecified atom stereocenters. The zero-order valence-electron chi connectivity index (χ0n) is 15.6. The zero-order valence-corrected chi connectivity index (χ0v) is 15.6. The summed E-state index contributed by atoms with van der Waals surface area (Å²) in [5.41, 5.74) is 4.05. The summed E-state index contributed by atoms with van der Waals surface area (Å²) in [5.74, 6) is 0.434. The molecule has 2 amide bonds. The van der Waals surface area contributed by atoms with Crippen molar-refractivity contribution < 1.29 is 14.3 Å². The molecule has 0 spiro atoms. The van der Waals surface area contributed by atoms with E-state index in [1.165, 1.54) is 0 Å². The Hall–Kier alpha value is -2.82. The third-order valence-electron chi connectivity index (χ3n) is 4.58. The Bertz CT molecular complexity index is 866. The predicted octanol–water partition coefficient (Wildman–Crippen LogP) is 4.13. The van der Waals surface area contributed by atoms with Gasteiger partial charge in [0.1, 0.15) is 5.75 Å². The Morgan fingerprint density at radius 3 is 2.58 bits per heavy atom. The molecule has 0 atom stereocenters. The number of aryl methyl sites for hydroxylation is 1. The van der Waals surface area contributed by atoms with Gasteiger partial charge in [-0.2, -0.15) is 0 Å². The van der Waals surface area contributed by atoms with E-state index in [1.807, 2.05) is 24.3 Å². The second-order valence-corrected chi connectivity index (χ2v) is 7.54. The first-order valence-electron chi connectivity index (χ1n) is 8.70. The smallest absolute Gasteiger partial charge is 0.255 e. The van der Waals surface area contributed by atoms with Gasteiger partial charge in [-0.1, -0.05) is 26.8 Å². The number of rotatable bonds is 3. The van der Waals surface area contributed by atoms with Gasteiger partial charge in [-0.15, -0.1) is 0 Å². The maximum absolute atomic E-state index is 12.7. The van der Waals surface area contributed by atoms with Crippen LogP contribution in [0.25, 0.3) is 0 Å². The van der Waals surface area contributed by atoms with E-state index in [-0.39, 0.29) is 17.2 Å². The molecule has 5 nitrogen and oxygen atoms in total. The van der Waals surface area contributed by atoms with Gasteiger partial charge in [0.15, 0.2) is 0 Å². The van der Waals surface area contributed by atoms with E-state index in [1.54, 1.807) is 19.2 Å². The maximum atomic E-state index is 12.7. The number of fused-ring (bicyclic) bond motifs is 1. The van der Waals surface area contributed by atoms with Gasteiger partial charge < -0.3 is 15.4 Å². The summed E-state index contributed by atoms with van der Waals surface area (Å²) in [6, 6.07) is 11.2. The molecular formula is C21H24N2O3. The minimum atomic E-state index is -0.200. The number of benzene rings is 2. The van der Waals surface area contributed by atoms with Crippen LogP contribution in [0.4, 0.5) is 11.4 Å². The van der Waals surface area contributed by atoms with Gasteiger partial charge >= 0.3 is 0 Å². The fourth-order valence-electron chi connectivity index (χ4n) is 2.99. The minimum absolute atomic E-state index is 0.0124. The molecule has 0 saturated carbocycles. The highest BCUT2D eigenvalue weighted by Gasteiger charge is 2.19. The van der Waals surface area contributed by atoms with Crippen molar-refractivity contribution in [3.8, 4) is 5.75 Å². The molecule has 136 valence electrons. The van der Waals surface area contributed by atoms with Crippen molar-refractivity contribution in [3.63, 3.8) is 0 Å². The van der Waals surface area contributed by atoms with E-state index in [9.17, 15) is 9.59 Å². The molecule has 5 heteroatoms. The Morgan fingerprint density at radius 1 is 1.12 bits per heavy atom. The second kappa shape index (κ2) is 6.83. The number of hydrogen-bond donors (Lipinski definition) is 2. The number of carbonyl (C=O) groups excluding carboxylic acids is 2.